The van der Waals surface area contributed by atoms with Gasteiger partial charge in [0.1, 0.15) is 0 Å². The number of fused-ring (bicyclic) bond motifs is 2. The van der Waals surface area contributed by atoms with Crippen LogP contribution in [-0.2, 0) is 19.1 Å². The number of amides is 3. The Balaban J connectivity index is 0.000000274. The van der Waals surface area contributed by atoms with Crippen molar-refractivity contribution in [3.8, 4) is 0 Å². The molecule has 4 heterocycles. The Morgan fingerprint density at radius 2 is 1.78 bits per heavy atom. The van der Waals surface area contributed by atoms with Gasteiger partial charge in [-0.05, 0) is 38.8 Å². The number of carbonyl (C=O) groups excluding carboxylic acids is 4. The molecular formula is C24H29FN4O6S. The predicted molar refractivity (Wildman–Crippen MR) is 133 cm³/mol. The molecule has 0 unspecified atom stereocenters. The largest absolute Gasteiger partial charge is 0.372 e. The summed E-state index contributed by atoms with van der Waals surface area (Å²) >= 11 is 1.37. The predicted octanol–water partition coefficient (Wildman–Crippen LogP) is 3.41. The van der Waals surface area contributed by atoms with Crippen LogP contribution in [0, 0.1) is 5.82 Å². The van der Waals surface area contributed by atoms with Crippen molar-refractivity contribution < 1.29 is 34.3 Å². The first-order chi connectivity index (χ1) is 17.2. The normalized spacial score (nSPS) is 28.3. The lowest BCUT2D eigenvalue weighted by atomic mass is 10.1. The van der Waals surface area contributed by atoms with Crippen molar-refractivity contribution in [2.75, 3.05) is 22.9 Å². The molecule has 194 valence electrons. The van der Waals surface area contributed by atoms with Crippen molar-refractivity contribution in [2.45, 2.75) is 69.5 Å². The lowest BCUT2D eigenvalue weighted by Gasteiger charge is -2.36. The minimum Gasteiger partial charge on any atom is -0.372 e. The van der Waals surface area contributed by atoms with Crippen molar-refractivity contribution in [2.24, 2.45) is 0 Å². The van der Waals surface area contributed by atoms with E-state index in [9.17, 15) is 19.2 Å². The van der Waals surface area contributed by atoms with Crippen LogP contribution in [-0.4, -0.2) is 64.6 Å². The van der Waals surface area contributed by atoms with Crippen LogP contribution in [0.1, 0.15) is 47.4 Å². The molecule has 10 nitrogen and oxygen atoms in total. The highest BCUT2D eigenvalue weighted by Crippen LogP contribution is 2.46. The van der Waals surface area contributed by atoms with Gasteiger partial charge in [-0.1, -0.05) is 23.3 Å². The zero-order valence-corrected chi connectivity index (χ0v) is 20.8. The second-order valence-electron chi connectivity index (χ2n) is 9.60. The van der Waals surface area contributed by atoms with E-state index in [2.05, 4.69) is 5.16 Å². The molecular weight excluding hydrogens is 491 g/mol. The molecule has 36 heavy (non-hydrogen) atoms. The molecule has 0 bridgehead atoms. The van der Waals surface area contributed by atoms with E-state index >= 15 is 4.39 Å². The molecule has 1 saturated carbocycles. The van der Waals surface area contributed by atoms with Gasteiger partial charge in [-0.25, -0.2) is 4.39 Å². The molecule has 4 aliphatic rings. The van der Waals surface area contributed by atoms with Crippen LogP contribution in [0.5, 0.6) is 0 Å². The fourth-order valence-electron chi connectivity index (χ4n) is 5.31. The number of nitrogens with one attached hydrogen (secondary N) is 1. The summed E-state index contributed by atoms with van der Waals surface area (Å²) in [7, 11) is 0. The van der Waals surface area contributed by atoms with Crippen molar-refractivity contribution >= 4 is 57.1 Å². The maximum Gasteiger partial charge on any atom is 0.287 e. The number of imide groups is 1. The Labute approximate surface area is 212 Å². The molecule has 3 amide bonds. The Kier molecular flexibility index (Phi) is 6.73. The van der Waals surface area contributed by atoms with E-state index in [0.717, 1.165) is 19.3 Å². The number of thioether (sulfide) groups is 1. The van der Waals surface area contributed by atoms with E-state index in [1.54, 1.807) is 11.0 Å². The second-order valence-corrected chi connectivity index (χ2v) is 10.8. The Morgan fingerprint density at radius 3 is 2.44 bits per heavy atom. The molecule has 3 saturated heterocycles. The van der Waals surface area contributed by atoms with Gasteiger partial charge in [0.25, 0.3) is 5.24 Å². The molecule has 1 aromatic heterocycles. The van der Waals surface area contributed by atoms with Crippen molar-refractivity contribution in [3.63, 3.8) is 0 Å². The number of aromatic nitrogens is 1. The number of halogens is 1. The lowest BCUT2D eigenvalue weighted by molar-refractivity contribution is -0.138. The van der Waals surface area contributed by atoms with Gasteiger partial charge in [0.05, 0.1) is 42.2 Å². The quantitative estimate of drug-likeness (QED) is 0.469. The first kappa shape index (κ1) is 24.7. The van der Waals surface area contributed by atoms with Gasteiger partial charge in [-0.15, -0.1) is 0 Å². The summed E-state index contributed by atoms with van der Waals surface area (Å²) in [6.07, 6.45) is 2.88. The van der Waals surface area contributed by atoms with Crippen LogP contribution in [0.2, 0.25) is 0 Å². The van der Waals surface area contributed by atoms with Crippen molar-refractivity contribution in [3.05, 3.63) is 17.9 Å². The fourth-order valence-corrected chi connectivity index (χ4v) is 6.60. The van der Waals surface area contributed by atoms with Gasteiger partial charge in [0.15, 0.2) is 17.4 Å². The van der Waals surface area contributed by atoms with Crippen LogP contribution < -0.4 is 15.1 Å². The van der Waals surface area contributed by atoms with Gasteiger partial charge in [0.2, 0.25) is 17.4 Å². The van der Waals surface area contributed by atoms with E-state index in [0.29, 0.717) is 35.2 Å². The summed E-state index contributed by atoms with van der Waals surface area (Å²) < 4.78 is 26.4. The SMILES string of the molecule is C[C@@H]1CN(c2ccc3c(N4C(=O)S[C@@H]5CCC[C@@H]54)noc3c2F)C[C@H](C)O1.O=C1CC(=O)NC(=O)C1.[HH]. The zero-order valence-electron chi connectivity index (χ0n) is 20.0. The highest BCUT2D eigenvalue weighted by Gasteiger charge is 2.46. The molecule has 1 N–H and O–H groups in total. The van der Waals surface area contributed by atoms with Crippen LogP contribution in [0.4, 0.5) is 20.7 Å². The monoisotopic (exact) mass is 520 g/mol. The Morgan fingerprint density at radius 1 is 1.08 bits per heavy atom. The highest BCUT2D eigenvalue weighted by atomic mass is 32.2. The van der Waals surface area contributed by atoms with Crippen LogP contribution in [0.25, 0.3) is 11.0 Å². The van der Waals surface area contributed by atoms with Gasteiger partial charge in [0, 0.05) is 19.8 Å². The van der Waals surface area contributed by atoms with Gasteiger partial charge < -0.3 is 14.2 Å². The van der Waals surface area contributed by atoms with Gasteiger partial charge in [-0.2, -0.15) is 0 Å². The number of rotatable bonds is 2. The summed E-state index contributed by atoms with van der Waals surface area (Å²) in [5.74, 6) is -1.25. The molecule has 1 aromatic carbocycles. The number of Topliss-reactive ketones (excluding diaryl/α,β-unsaturated/α-hetero) is 1. The summed E-state index contributed by atoms with van der Waals surface area (Å²) in [5, 5.41) is 6.97. The third-order valence-corrected chi connectivity index (χ3v) is 7.97. The fraction of sp³-hybridized carbons (Fsp3) is 0.542. The van der Waals surface area contributed by atoms with E-state index in [-0.39, 0.29) is 49.1 Å². The van der Waals surface area contributed by atoms with Crippen LogP contribution in [0.3, 0.4) is 0 Å². The molecule has 0 spiro atoms. The second kappa shape index (κ2) is 9.81. The number of hydrogen-bond donors (Lipinski definition) is 1. The lowest BCUT2D eigenvalue weighted by Crippen LogP contribution is -2.45. The topological polar surface area (TPSA) is 122 Å². The smallest absolute Gasteiger partial charge is 0.287 e. The Bertz CT molecular complexity index is 1190. The first-order valence-electron chi connectivity index (χ1n) is 12.0. The number of morpholine rings is 1. The Hall–Kier alpha value is -2.99. The average molecular weight is 521 g/mol. The maximum absolute atomic E-state index is 15.2. The van der Waals surface area contributed by atoms with Crippen molar-refractivity contribution in [1.29, 1.82) is 0 Å². The maximum atomic E-state index is 15.2. The molecule has 0 radical (unpaired) electrons. The molecule has 12 heteroatoms. The van der Waals surface area contributed by atoms with Crippen LogP contribution in [0.15, 0.2) is 16.7 Å². The number of anilines is 2. The van der Waals surface area contributed by atoms with Crippen LogP contribution >= 0.6 is 11.8 Å². The minimum absolute atomic E-state index is 0. The number of ether oxygens (including phenoxy) is 1. The number of hydrogen-bond acceptors (Lipinski definition) is 9. The molecule has 2 aromatic rings. The zero-order chi connectivity index (χ0) is 25.6. The van der Waals surface area contributed by atoms with E-state index in [1.165, 1.54) is 11.8 Å². The van der Waals surface area contributed by atoms with E-state index in [1.807, 2.05) is 30.1 Å². The molecule has 4 atom stereocenters. The number of benzene rings is 1. The first-order valence-corrected chi connectivity index (χ1v) is 12.9. The highest BCUT2D eigenvalue weighted by molar-refractivity contribution is 8.14. The van der Waals surface area contributed by atoms with Gasteiger partial charge >= 0.3 is 0 Å². The third kappa shape index (κ3) is 4.71. The number of piperidine rings is 1. The number of carbonyl (C=O) groups is 4. The summed E-state index contributed by atoms with van der Waals surface area (Å²) in [5.41, 5.74) is 0.613. The number of nitrogens with zero attached hydrogens (tertiary/aromatic N) is 3. The molecule has 4 fully saturated rings. The summed E-state index contributed by atoms with van der Waals surface area (Å²) in [6, 6.07) is 3.73. The molecule has 3 aliphatic heterocycles. The summed E-state index contributed by atoms with van der Waals surface area (Å²) in [4.78, 5) is 47.3. The van der Waals surface area contributed by atoms with Crippen molar-refractivity contribution in [1.82, 2.24) is 10.5 Å². The average Bonchev–Trinajstić information content (AvgIpc) is 3.47. The summed E-state index contributed by atoms with van der Waals surface area (Å²) in [6.45, 7) is 5.22. The molecule has 6 rings (SSSR count). The number of ketones is 1. The standard InChI is InChI=1S/C19H22FN3O3S.C5H5NO3.H2/c1-10-8-22(9-11(2)25-10)14-7-6-12-17(16(14)20)26-21-18(12)23-13-4-3-5-15(13)27-19(23)24;7-3-1-4(8)6-5(9)2-3;/h6-7,10-11,13,15H,3-5,8-9H2,1-2H3;1-2H2,(H,6,8,9);1H/t10-,11+,13-,15+;;/m0../s1. The van der Waals surface area contributed by atoms with Gasteiger partial charge in [-0.3, -0.25) is 29.4 Å². The van der Waals surface area contributed by atoms with E-state index in [4.69, 9.17) is 9.26 Å². The third-order valence-electron chi connectivity index (χ3n) is 6.72. The van der Waals surface area contributed by atoms with E-state index < -0.39 is 17.6 Å². The minimum atomic E-state index is -0.490. The molecule has 1 aliphatic carbocycles.